The highest BCUT2D eigenvalue weighted by molar-refractivity contribution is 14.0. The summed E-state index contributed by atoms with van der Waals surface area (Å²) in [5, 5.41) is 6.69. The van der Waals surface area contributed by atoms with Crippen molar-refractivity contribution < 1.29 is 9.47 Å². The van der Waals surface area contributed by atoms with Gasteiger partial charge in [0.1, 0.15) is 0 Å². The molecule has 1 rings (SSSR count). The molecule has 0 aromatic rings. The van der Waals surface area contributed by atoms with Crippen LogP contribution in [0.2, 0.25) is 0 Å². The summed E-state index contributed by atoms with van der Waals surface area (Å²) in [5.41, 5.74) is 0. The Labute approximate surface area is 164 Å². The van der Waals surface area contributed by atoms with Crippen LogP contribution in [-0.2, 0) is 9.47 Å². The summed E-state index contributed by atoms with van der Waals surface area (Å²) in [4.78, 5) is 9.26. The maximum Gasteiger partial charge on any atom is 0.191 e. The first-order valence-electron chi connectivity index (χ1n) is 8.76. The molecule has 1 aliphatic heterocycles. The quantitative estimate of drug-likeness (QED) is 0.204. The van der Waals surface area contributed by atoms with E-state index in [2.05, 4.69) is 32.3 Å². The first-order chi connectivity index (χ1) is 11.3. The maximum absolute atomic E-state index is 5.43. The van der Waals surface area contributed by atoms with Crippen molar-refractivity contribution >= 4 is 29.9 Å². The van der Waals surface area contributed by atoms with E-state index in [-0.39, 0.29) is 24.0 Å². The van der Waals surface area contributed by atoms with Crippen molar-refractivity contribution in [1.29, 1.82) is 0 Å². The van der Waals surface area contributed by atoms with E-state index in [1.165, 1.54) is 26.2 Å². The summed E-state index contributed by atoms with van der Waals surface area (Å²) in [7, 11) is 3.49. The average molecular weight is 457 g/mol. The van der Waals surface area contributed by atoms with Crippen molar-refractivity contribution in [3.8, 4) is 0 Å². The lowest BCUT2D eigenvalue weighted by Gasteiger charge is -2.34. The molecule has 0 saturated carbocycles. The molecule has 144 valence electrons. The van der Waals surface area contributed by atoms with Gasteiger partial charge in [-0.05, 0) is 13.0 Å². The number of rotatable bonds is 11. The van der Waals surface area contributed by atoms with Crippen LogP contribution in [0.4, 0.5) is 0 Å². The largest absolute Gasteiger partial charge is 0.382 e. The van der Waals surface area contributed by atoms with Gasteiger partial charge in [0.15, 0.2) is 5.96 Å². The minimum atomic E-state index is 0. The van der Waals surface area contributed by atoms with Crippen LogP contribution in [0.1, 0.15) is 13.3 Å². The standard InChI is InChI=1S/C16H35N5O2.HI/c1-4-20-9-11-21(12-10-20)8-7-19-16(17-2)18-6-5-13-23-15-14-22-3;/h4-15H2,1-3H3,(H2,17,18,19);1H. The van der Waals surface area contributed by atoms with Crippen LogP contribution in [0.25, 0.3) is 0 Å². The van der Waals surface area contributed by atoms with E-state index in [4.69, 9.17) is 9.47 Å². The van der Waals surface area contributed by atoms with Crippen LogP contribution in [0.15, 0.2) is 4.99 Å². The van der Waals surface area contributed by atoms with E-state index in [1.807, 2.05) is 7.05 Å². The third-order valence-corrected chi connectivity index (χ3v) is 4.05. The molecule has 0 radical (unpaired) electrons. The monoisotopic (exact) mass is 457 g/mol. The third-order valence-electron chi connectivity index (χ3n) is 4.05. The predicted octanol–water partition coefficient (Wildman–Crippen LogP) is 0.460. The molecular formula is C16H36IN5O2. The number of methoxy groups -OCH3 is 1. The summed E-state index contributed by atoms with van der Waals surface area (Å²) in [6, 6.07) is 0. The van der Waals surface area contributed by atoms with Crippen molar-refractivity contribution in [1.82, 2.24) is 20.4 Å². The molecule has 8 heteroatoms. The Morgan fingerprint density at radius 1 is 1.00 bits per heavy atom. The van der Waals surface area contributed by atoms with Gasteiger partial charge >= 0.3 is 0 Å². The van der Waals surface area contributed by atoms with Crippen LogP contribution in [0, 0.1) is 0 Å². The molecule has 0 aromatic heterocycles. The normalized spacial score (nSPS) is 16.7. The fourth-order valence-corrected chi connectivity index (χ4v) is 2.51. The van der Waals surface area contributed by atoms with E-state index in [1.54, 1.807) is 7.11 Å². The van der Waals surface area contributed by atoms with Crippen LogP contribution in [-0.4, -0.2) is 102 Å². The van der Waals surface area contributed by atoms with Gasteiger partial charge in [0.05, 0.1) is 13.2 Å². The van der Waals surface area contributed by atoms with Crippen LogP contribution < -0.4 is 10.6 Å². The summed E-state index contributed by atoms with van der Waals surface area (Å²) in [6.45, 7) is 13.0. The van der Waals surface area contributed by atoms with Gasteiger partial charge in [-0.3, -0.25) is 9.89 Å². The average Bonchev–Trinajstić information content (AvgIpc) is 2.60. The lowest BCUT2D eigenvalue weighted by molar-refractivity contribution is 0.0698. The van der Waals surface area contributed by atoms with Gasteiger partial charge < -0.3 is 25.0 Å². The first kappa shape index (κ1) is 23.8. The van der Waals surface area contributed by atoms with E-state index in [0.717, 1.165) is 45.2 Å². The zero-order valence-electron chi connectivity index (χ0n) is 15.6. The van der Waals surface area contributed by atoms with Crippen molar-refractivity contribution in [3.63, 3.8) is 0 Å². The maximum atomic E-state index is 5.43. The van der Waals surface area contributed by atoms with Gasteiger partial charge in [-0.15, -0.1) is 24.0 Å². The molecule has 1 aliphatic rings. The molecule has 2 N–H and O–H groups in total. The third kappa shape index (κ3) is 11.4. The molecule has 1 saturated heterocycles. The minimum Gasteiger partial charge on any atom is -0.382 e. The van der Waals surface area contributed by atoms with Gasteiger partial charge in [0.25, 0.3) is 0 Å². The molecule has 0 amide bonds. The molecule has 0 aliphatic carbocycles. The van der Waals surface area contributed by atoms with Crippen LogP contribution >= 0.6 is 24.0 Å². The summed E-state index contributed by atoms with van der Waals surface area (Å²) in [5.74, 6) is 0.870. The highest BCUT2D eigenvalue weighted by Gasteiger charge is 2.14. The summed E-state index contributed by atoms with van der Waals surface area (Å²) < 4.78 is 10.4. The van der Waals surface area contributed by atoms with Gasteiger partial charge in [-0.1, -0.05) is 6.92 Å². The Kier molecular flexibility index (Phi) is 16.2. The molecular weight excluding hydrogens is 421 g/mol. The van der Waals surface area contributed by atoms with E-state index in [9.17, 15) is 0 Å². The number of hydrogen-bond acceptors (Lipinski definition) is 5. The second kappa shape index (κ2) is 16.3. The Hall–Kier alpha value is -0.160. The fourth-order valence-electron chi connectivity index (χ4n) is 2.51. The van der Waals surface area contributed by atoms with Crippen molar-refractivity contribution in [2.75, 3.05) is 86.3 Å². The lowest BCUT2D eigenvalue weighted by Crippen LogP contribution is -2.49. The Morgan fingerprint density at radius 2 is 1.67 bits per heavy atom. The number of piperazine rings is 1. The van der Waals surface area contributed by atoms with Crippen molar-refractivity contribution in [3.05, 3.63) is 0 Å². The molecule has 0 atom stereocenters. The highest BCUT2D eigenvalue weighted by Crippen LogP contribution is 1.99. The Morgan fingerprint density at radius 3 is 2.29 bits per heavy atom. The molecule has 0 bridgehead atoms. The molecule has 0 unspecified atom stereocenters. The number of guanidine groups is 1. The molecule has 1 fully saturated rings. The molecule has 7 nitrogen and oxygen atoms in total. The first-order valence-corrected chi connectivity index (χ1v) is 8.76. The van der Waals surface area contributed by atoms with Gasteiger partial charge in [-0.25, -0.2) is 0 Å². The van der Waals surface area contributed by atoms with E-state index < -0.39 is 0 Å². The van der Waals surface area contributed by atoms with Gasteiger partial charge in [0.2, 0.25) is 0 Å². The van der Waals surface area contributed by atoms with E-state index >= 15 is 0 Å². The molecule has 24 heavy (non-hydrogen) atoms. The number of hydrogen-bond donors (Lipinski definition) is 2. The zero-order valence-corrected chi connectivity index (χ0v) is 17.9. The molecule has 0 spiro atoms. The summed E-state index contributed by atoms with van der Waals surface area (Å²) in [6.07, 6.45) is 0.962. The second-order valence-corrected chi connectivity index (χ2v) is 5.66. The molecule has 1 heterocycles. The predicted molar refractivity (Wildman–Crippen MR) is 111 cm³/mol. The smallest absolute Gasteiger partial charge is 0.191 e. The Bertz CT molecular complexity index is 313. The second-order valence-electron chi connectivity index (χ2n) is 5.66. The van der Waals surface area contributed by atoms with Crippen molar-refractivity contribution in [2.24, 2.45) is 4.99 Å². The highest BCUT2D eigenvalue weighted by atomic mass is 127. The minimum absolute atomic E-state index is 0. The van der Waals surface area contributed by atoms with Crippen LogP contribution in [0.3, 0.4) is 0 Å². The van der Waals surface area contributed by atoms with Crippen molar-refractivity contribution in [2.45, 2.75) is 13.3 Å². The Balaban J connectivity index is 0.00000529. The summed E-state index contributed by atoms with van der Waals surface area (Å²) >= 11 is 0. The number of likely N-dealkylation sites (N-methyl/N-ethyl adjacent to an activating group) is 1. The number of aliphatic imine (C=N–C) groups is 1. The fraction of sp³-hybridized carbons (Fsp3) is 0.938. The van der Waals surface area contributed by atoms with Gasteiger partial charge in [0, 0.05) is 66.6 Å². The van der Waals surface area contributed by atoms with Crippen LogP contribution in [0.5, 0.6) is 0 Å². The number of halogens is 1. The number of nitrogens with one attached hydrogen (secondary N) is 2. The topological polar surface area (TPSA) is 61.4 Å². The van der Waals surface area contributed by atoms with Gasteiger partial charge in [-0.2, -0.15) is 0 Å². The van der Waals surface area contributed by atoms with E-state index in [0.29, 0.717) is 13.2 Å². The number of ether oxygens (including phenoxy) is 2. The number of nitrogens with zero attached hydrogens (tertiary/aromatic N) is 3. The lowest BCUT2D eigenvalue weighted by atomic mass is 10.3. The zero-order chi connectivity index (χ0) is 16.8. The molecule has 0 aromatic carbocycles. The SMILES string of the molecule is CCN1CCN(CCNC(=NC)NCCCOCCOC)CC1.I.